The number of nitrogens with zero attached hydrogens (tertiary/aromatic N) is 2. The Kier molecular flexibility index (Phi) is 3.81. The van der Waals surface area contributed by atoms with Crippen molar-refractivity contribution in [3.8, 4) is 0 Å². The van der Waals surface area contributed by atoms with Gasteiger partial charge < -0.3 is 16.8 Å². The summed E-state index contributed by atoms with van der Waals surface area (Å²) in [5.41, 5.74) is 10.3. The molecule has 1 heterocycles. The van der Waals surface area contributed by atoms with E-state index in [2.05, 4.69) is 10.3 Å². The number of nitro groups is 1. The van der Waals surface area contributed by atoms with Gasteiger partial charge >= 0.3 is 0 Å². The first-order valence-corrected chi connectivity index (χ1v) is 4.85. The molecular weight excluding hydrogens is 226 g/mol. The Hall–Kier alpha value is -2.38. The van der Waals surface area contributed by atoms with Crippen LogP contribution >= 0.6 is 0 Å². The van der Waals surface area contributed by atoms with Crippen molar-refractivity contribution in [1.29, 1.82) is 0 Å². The van der Waals surface area contributed by atoms with Crippen LogP contribution in [-0.4, -0.2) is 21.9 Å². The van der Waals surface area contributed by atoms with Crippen molar-refractivity contribution >= 4 is 23.2 Å². The number of rotatable bonds is 5. The lowest BCUT2D eigenvalue weighted by atomic mass is 10.2. The van der Waals surface area contributed by atoms with E-state index in [1.165, 1.54) is 6.07 Å². The molecule has 1 unspecified atom stereocenters. The molecule has 8 nitrogen and oxygen atoms in total. The number of hydrogen-bond donors (Lipinski definition) is 3. The molecule has 0 saturated carbocycles. The number of nitrogens with one attached hydrogen (secondary N) is 1. The summed E-state index contributed by atoms with van der Waals surface area (Å²) in [6.45, 7) is 1.71. The van der Waals surface area contributed by atoms with Crippen LogP contribution in [0.3, 0.4) is 0 Å². The minimum absolute atomic E-state index is 0.0352. The number of nitrogens with two attached hydrogens (primary N) is 2. The lowest BCUT2D eigenvalue weighted by molar-refractivity contribution is -0.384. The van der Waals surface area contributed by atoms with Crippen molar-refractivity contribution in [2.24, 2.45) is 5.73 Å². The standard InChI is InChI=1S/C9H13N5O3/c1-5(2-8(11)15)12-9-4-6(14(16)17)3-7(10)13-9/h3-5H,2H2,1H3,(H2,11,15)(H3,10,12,13). The minimum atomic E-state index is -0.567. The summed E-state index contributed by atoms with van der Waals surface area (Å²) >= 11 is 0. The van der Waals surface area contributed by atoms with E-state index in [1.807, 2.05) is 0 Å². The Bertz CT molecular complexity index is 448. The SMILES string of the molecule is CC(CC(N)=O)Nc1cc([N+](=O)[O-])cc(N)n1. The molecule has 0 aliphatic heterocycles. The average molecular weight is 239 g/mol. The van der Waals surface area contributed by atoms with Gasteiger partial charge in [0.2, 0.25) is 5.91 Å². The maximum atomic E-state index is 10.7. The molecule has 8 heteroatoms. The van der Waals surface area contributed by atoms with Gasteiger partial charge in [-0.25, -0.2) is 4.98 Å². The molecule has 1 atom stereocenters. The molecule has 0 saturated heterocycles. The summed E-state index contributed by atoms with van der Waals surface area (Å²) in [5, 5.41) is 13.4. The predicted molar refractivity (Wildman–Crippen MR) is 62.2 cm³/mol. The minimum Gasteiger partial charge on any atom is -0.383 e. The van der Waals surface area contributed by atoms with Crippen LogP contribution in [0.25, 0.3) is 0 Å². The number of pyridine rings is 1. The number of nitrogen functional groups attached to an aromatic ring is 1. The van der Waals surface area contributed by atoms with Crippen LogP contribution < -0.4 is 16.8 Å². The number of amides is 1. The Balaban J connectivity index is 2.84. The van der Waals surface area contributed by atoms with Crippen LogP contribution in [0.15, 0.2) is 12.1 Å². The van der Waals surface area contributed by atoms with Crippen molar-refractivity contribution in [3.05, 3.63) is 22.2 Å². The number of carbonyl (C=O) groups excluding carboxylic acids is 1. The first kappa shape index (κ1) is 12.7. The maximum absolute atomic E-state index is 10.7. The van der Waals surface area contributed by atoms with Gasteiger partial charge in [0.15, 0.2) is 0 Å². The Morgan fingerprint density at radius 3 is 2.82 bits per heavy atom. The molecule has 0 aromatic carbocycles. The van der Waals surface area contributed by atoms with Crippen LogP contribution in [0.2, 0.25) is 0 Å². The van der Waals surface area contributed by atoms with Crippen molar-refractivity contribution in [2.75, 3.05) is 11.1 Å². The third kappa shape index (κ3) is 3.93. The first-order valence-electron chi connectivity index (χ1n) is 4.85. The second kappa shape index (κ2) is 5.10. The highest BCUT2D eigenvalue weighted by Crippen LogP contribution is 2.19. The normalized spacial score (nSPS) is 11.8. The highest BCUT2D eigenvalue weighted by molar-refractivity contribution is 5.74. The molecule has 1 aromatic rings. The molecule has 0 bridgehead atoms. The predicted octanol–water partition coefficient (Wildman–Crippen LogP) is 0.248. The molecule has 0 spiro atoms. The lowest BCUT2D eigenvalue weighted by Crippen LogP contribution is -2.24. The summed E-state index contributed by atoms with van der Waals surface area (Å²) in [4.78, 5) is 24.6. The van der Waals surface area contributed by atoms with E-state index in [9.17, 15) is 14.9 Å². The second-order valence-electron chi connectivity index (χ2n) is 3.61. The number of aromatic nitrogens is 1. The lowest BCUT2D eigenvalue weighted by Gasteiger charge is -2.12. The Morgan fingerprint density at radius 2 is 2.29 bits per heavy atom. The zero-order valence-corrected chi connectivity index (χ0v) is 9.21. The zero-order chi connectivity index (χ0) is 13.0. The van der Waals surface area contributed by atoms with Gasteiger partial charge in [-0.05, 0) is 6.92 Å². The van der Waals surface area contributed by atoms with Gasteiger partial charge in [0.25, 0.3) is 5.69 Å². The van der Waals surface area contributed by atoms with Gasteiger partial charge in [-0.15, -0.1) is 0 Å². The largest absolute Gasteiger partial charge is 0.383 e. The molecule has 92 valence electrons. The summed E-state index contributed by atoms with van der Waals surface area (Å²) in [7, 11) is 0. The fourth-order valence-corrected chi connectivity index (χ4v) is 1.32. The van der Waals surface area contributed by atoms with E-state index in [0.29, 0.717) is 0 Å². The van der Waals surface area contributed by atoms with Crippen LogP contribution in [0.1, 0.15) is 13.3 Å². The van der Waals surface area contributed by atoms with E-state index < -0.39 is 10.8 Å². The van der Waals surface area contributed by atoms with E-state index in [-0.39, 0.29) is 29.8 Å². The molecule has 5 N–H and O–H groups in total. The topological polar surface area (TPSA) is 137 Å². The fraction of sp³-hybridized carbons (Fsp3) is 0.333. The van der Waals surface area contributed by atoms with Crippen molar-refractivity contribution in [3.63, 3.8) is 0 Å². The Labute approximate surface area is 97.2 Å². The summed E-state index contributed by atoms with van der Waals surface area (Å²) in [6.07, 6.45) is 0.101. The van der Waals surface area contributed by atoms with Crippen LogP contribution in [-0.2, 0) is 4.79 Å². The van der Waals surface area contributed by atoms with Gasteiger partial charge in [0, 0.05) is 12.5 Å². The molecule has 17 heavy (non-hydrogen) atoms. The van der Waals surface area contributed by atoms with E-state index in [1.54, 1.807) is 6.92 Å². The molecule has 1 amide bonds. The third-order valence-corrected chi connectivity index (χ3v) is 1.94. The van der Waals surface area contributed by atoms with Gasteiger partial charge in [0.05, 0.1) is 17.1 Å². The molecular formula is C9H13N5O3. The summed E-state index contributed by atoms with van der Waals surface area (Å²) in [6, 6.07) is 2.12. The Morgan fingerprint density at radius 1 is 1.65 bits per heavy atom. The smallest absolute Gasteiger partial charge is 0.276 e. The van der Waals surface area contributed by atoms with E-state index in [4.69, 9.17) is 11.5 Å². The van der Waals surface area contributed by atoms with Crippen LogP contribution in [0.4, 0.5) is 17.3 Å². The monoisotopic (exact) mass is 239 g/mol. The van der Waals surface area contributed by atoms with Crippen LogP contribution in [0.5, 0.6) is 0 Å². The summed E-state index contributed by atoms with van der Waals surface area (Å²) < 4.78 is 0. The third-order valence-electron chi connectivity index (χ3n) is 1.94. The van der Waals surface area contributed by atoms with Crippen molar-refractivity contribution in [2.45, 2.75) is 19.4 Å². The molecule has 1 aromatic heterocycles. The number of hydrogen-bond acceptors (Lipinski definition) is 6. The quantitative estimate of drug-likeness (QED) is 0.497. The maximum Gasteiger partial charge on any atom is 0.276 e. The number of carbonyl (C=O) groups is 1. The van der Waals surface area contributed by atoms with E-state index >= 15 is 0 Å². The van der Waals surface area contributed by atoms with Gasteiger partial charge in [-0.3, -0.25) is 14.9 Å². The zero-order valence-electron chi connectivity index (χ0n) is 9.21. The van der Waals surface area contributed by atoms with Crippen molar-refractivity contribution < 1.29 is 9.72 Å². The highest BCUT2D eigenvalue weighted by Gasteiger charge is 2.12. The molecule has 0 aliphatic carbocycles. The van der Waals surface area contributed by atoms with Gasteiger partial charge in [-0.2, -0.15) is 0 Å². The molecule has 1 rings (SSSR count). The molecule has 0 aliphatic rings. The highest BCUT2D eigenvalue weighted by atomic mass is 16.6. The van der Waals surface area contributed by atoms with Gasteiger partial charge in [-0.1, -0.05) is 0 Å². The first-order chi connectivity index (χ1) is 7.88. The molecule has 0 fully saturated rings. The van der Waals surface area contributed by atoms with Gasteiger partial charge in [0.1, 0.15) is 11.6 Å². The molecule has 0 radical (unpaired) electrons. The van der Waals surface area contributed by atoms with Crippen molar-refractivity contribution in [1.82, 2.24) is 4.98 Å². The van der Waals surface area contributed by atoms with E-state index in [0.717, 1.165) is 6.07 Å². The fourth-order valence-electron chi connectivity index (χ4n) is 1.32. The number of primary amides is 1. The average Bonchev–Trinajstić information content (AvgIpc) is 2.14. The number of anilines is 2. The second-order valence-corrected chi connectivity index (χ2v) is 3.61. The van der Waals surface area contributed by atoms with Crippen LogP contribution in [0, 0.1) is 10.1 Å². The summed E-state index contributed by atoms with van der Waals surface area (Å²) in [5.74, 6) is -0.193.